The molecule has 0 spiro atoms. The quantitative estimate of drug-likeness (QED) is 0.692. The Bertz CT molecular complexity index is 1070. The Morgan fingerprint density at radius 2 is 1.82 bits per heavy atom. The van der Waals surface area contributed by atoms with Crippen LogP contribution in [0.4, 0.5) is 13.6 Å². The first-order valence-electron chi connectivity index (χ1n) is 8.39. The summed E-state index contributed by atoms with van der Waals surface area (Å²) in [6, 6.07) is 9.54. The fourth-order valence-corrected chi connectivity index (χ4v) is 2.95. The van der Waals surface area contributed by atoms with Crippen LogP contribution in [0.3, 0.4) is 0 Å². The van der Waals surface area contributed by atoms with Crippen molar-refractivity contribution in [2.45, 2.75) is 12.1 Å². The van der Waals surface area contributed by atoms with Crippen molar-refractivity contribution >= 4 is 6.09 Å². The maximum absolute atomic E-state index is 13.6. The van der Waals surface area contributed by atoms with Gasteiger partial charge in [-0.15, -0.1) is 0 Å². The molecule has 1 fully saturated rings. The van der Waals surface area contributed by atoms with Crippen LogP contribution in [-0.2, 0) is 4.74 Å². The van der Waals surface area contributed by atoms with Gasteiger partial charge in [-0.3, -0.25) is 4.98 Å². The van der Waals surface area contributed by atoms with Gasteiger partial charge in [0.2, 0.25) is 0 Å². The first-order valence-corrected chi connectivity index (χ1v) is 8.39. The molecule has 5 nitrogen and oxygen atoms in total. The smallest absolute Gasteiger partial charge is 0.408 e. The van der Waals surface area contributed by atoms with Gasteiger partial charge in [0.1, 0.15) is 23.4 Å². The number of nitrogens with one attached hydrogen (secondary N) is 1. The summed E-state index contributed by atoms with van der Waals surface area (Å²) in [6.07, 6.45) is 3.21. The lowest BCUT2D eigenvalue weighted by atomic mass is 9.96. The predicted molar refractivity (Wildman–Crippen MR) is 95.9 cm³/mol. The number of aromatic nitrogens is 2. The van der Waals surface area contributed by atoms with Crippen molar-refractivity contribution in [2.24, 2.45) is 0 Å². The summed E-state index contributed by atoms with van der Waals surface area (Å²) in [5, 5.41) is 2.65. The normalized spacial score (nSPS) is 18.0. The van der Waals surface area contributed by atoms with Crippen LogP contribution >= 0.6 is 0 Å². The summed E-state index contributed by atoms with van der Waals surface area (Å²) in [4.78, 5) is 20.1. The van der Waals surface area contributed by atoms with Crippen LogP contribution in [0.15, 0.2) is 61.1 Å². The zero-order chi connectivity index (χ0) is 19.5. The molecule has 1 saturated heterocycles. The highest BCUT2D eigenvalue weighted by Crippen LogP contribution is 2.37. The summed E-state index contributed by atoms with van der Waals surface area (Å²) >= 11 is 0. The Morgan fingerprint density at radius 3 is 2.57 bits per heavy atom. The third kappa shape index (κ3) is 3.81. The molecule has 1 aliphatic rings. The first-order chi connectivity index (χ1) is 13.6. The maximum Gasteiger partial charge on any atom is 0.408 e. The van der Waals surface area contributed by atoms with E-state index < -0.39 is 29.9 Å². The zero-order valence-electron chi connectivity index (χ0n) is 14.4. The molecule has 1 amide bonds. The molecule has 3 heterocycles. The number of ether oxygens (including phenoxy) is 1. The van der Waals surface area contributed by atoms with E-state index in [-0.39, 0.29) is 5.56 Å². The first kappa shape index (κ1) is 17.6. The van der Waals surface area contributed by atoms with Gasteiger partial charge in [0, 0.05) is 35.8 Å². The molecule has 1 aliphatic heterocycles. The summed E-state index contributed by atoms with van der Waals surface area (Å²) in [7, 11) is 0. The number of halogens is 2. The van der Waals surface area contributed by atoms with Gasteiger partial charge in [-0.1, -0.05) is 12.0 Å². The average molecular weight is 377 g/mol. The second-order valence-electron chi connectivity index (χ2n) is 6.12. The number of nitrogens with zero attached hydrogens (tertiary/aromatic N) is 2. The predicted octanol–water partition coefficient (Wildman–Crippen LogP) is 3.68. The summed E-state index contributed by atoms with van der Waals surface area (Å²) < 4.78 is 32.4. The number of alkyl carbamates (subject to hydrolysis) is 1. The van der Waals surface area contributed by atoms with Gasteiger partial charge in [0.25, 0.3) is 0 Å². The van der Waals surface area contributed by atoms with E-state index in [1.165, 1.54) is 0 Å². The van der Waals surface area contributed by atoms with Crippen molar-refractivity contribution in [3.63, 3.8) is 0 Å². The lowest BCUT2D eigenvalue weighted by molar-refractivity contribution is 0.132. The van der Waals surface area contributed by atoms with Gasteiger partial charge in [-0.25, -0.2) is 18.6 Å². The summed E-state index contributed by atoms with van der Waals surface area (Å²) in [5.74, 6) is 4.40. The molecular weight excluding hydrogens is 364 g/mol. The molecule has 1 aromatic carbocycles. The average Bonchev–Trinajstić information content (AvgIpc) is 3.09. The van der Waals surface area contributed by atoms with Crippen molar-refractivity contribution < 1.29 is 18.3 Å². The molecule has 3 aromatic rings. The second kappa shape index (κ2) is 7.45. The van der Waals surface area contributed by atoms with E-state index in [0.29, 0.717) is 16.8 Å². The number of carbonyl (C=O) groups is 1. The minimum Gasteiger partial charge on any atom is -0.439 e. The number of cyclic esters (lactones) is 1. The molecule has 4 rings (SSSR count). The van der Waals surface area contributed by atoms with Gasteiger partial charge in [-0.05, 0) is 41.8 Å². The van der Waals surface area contributed by atoms with E-state index in [4.69, 9.17) is 4.74 Å². The van der Waals surface area contributed by atoms with E-state index in [1.807, 2.05) is 6.07 Å². The fraction of sp³-hybridized carbons (Fsp3) is 0.0952. The minimum atomic E-state index is -0.890. The Labute approximate surface area is 159 Å². The van der Waals surface area contributed by atoms with E-state index in [1.54, 1.807) is 36.8 Å². The van der Waals surface area contributed by atoms with Crippen molar-refractivity contribution in [1.82, 2.24) is 15.3 Å². The van der Waals surface area contributed by atoms with Crippen LogP contribution in [0.5, 0.6) is 0 Å². The number of benzene rings is 1. The highest BCUT2D eigenvalue weighted by molar-refractivity contribution is 5.71. The van der Waals surface area contributed by atoms with Crippen LogP contribution in [0.1, 0.15) is 34.5 Å². The number of carbonyl (C=O) groups excluding carboxylic acids is 1. The van der Waals surface area contributed by atoms with Crippen molar-refractivity contribution in [3.8, 4) is 11.8 Å². The van der Waals surface area contributed by atoms with Crippen LogP contribution in [0.25, 0.3) is 0 Å². The van der Waals surface area contributed by atoms with Gasteiger partial charge < -0.3 is 10.1 Å². The summed E-state index contributed by atoms with van der Waals surface area (Å²) in [6.45, 7) is 0. The Balaban J connectivity index is 1.66. The Morgan fingerprint density at radius 1 is 1.00 bits per heavy atom. The molecule has 0 radical (unpaired) electrons. The maximum atomic E-state index is 13.6. The zero-order valence-corrected chi connectivity index (χ0v) is 14.4. The van der Waals surface area contributed by atoms with Crippen molar-refractivity contribution in [3.05, 3.63) is 95.1 Å². The number of pyridine rings is 2. The number of amides is 1. The third-order valence-electron chi connectivity index (χ3n) is 4.14. The molecule has 0 aliphatic carbocycles. The van der Waals surface area contributed by atoms with E-state index >= 15 is 0 Å². The third-order valence-corrected chi connectivity index (χ3v) is 4.14. The minimum absolute atomic E-state index is 0.214. The topological polar surface area (TPSA) is 64.1 Å². The van der Waals surface area contributed by atoms with Crippen LogP contribution in [0, 0.1) is 23.5 Å². The molecule has 1 N–H and O–H groups in total. The summed E-state index contributed by atoms with van der Waals surface area (Å²) in [5.41, 5.74) is 2.03. The molecule has 2 aromatic heterocycles. The van der Waals surface area contributed by atoms with Gasteiger partial charge in [0.05, 0.1) is 0 Å². The molecule has 28 heavy (non-hydrogen) atoms. The van der Waals surface area contributed by atoms with E-state index in [2.05, 4.69) is 27.1 Å². The van der Waals surface area contributed by atoms with Gasteiger partial charge >= 0.3 is 6.09 Å². The fourth-order valence-electron chi connectivity index (χ4n) is 2.95. The molecule has 7 heteroatoms. The largest absolute Gasteiger partial charge is 0.439 e. The van der Waals surface area contributed by atoms with Crippen LogP contribution in [-0.4, -0.2) is 16.1 Å². The molecule has 0 unspecified atom stereocenters. The van der Waals surface area contributed by atoms with Crippen molar-refractivity contribution in [1.29, 1.82) is 0 Å². The van der Waals surface area contributed by atoms with Crippen LogP contribution in [0.2, 0.25) is 0 Å². The molecular formula is C21H13F2N3O2. The van der Waals surface area contributed by atoms with Gasteiger partial charge in [-0.2, -0.15) is 0 Å². The highest BCUT2D eigenvalue weighted by Gasteiger charge is 2.37. The van der Waals surface area contributed by atoms with E-state index in [9.17, 15) is 13.6 Å². The molecule has 0 saturated carbocycles. The number of hydrogen-bond donors (Lipinski definition) is 1. The molecule has 2 atom stereocenters. The lowest BCUT2D eigenvalue weighted by Gasteiger charge is -2.17. The monoisotopic (exact) mass is 377 g/mol. The lowest BCUT2D eigenvalue weighted by Crippen LogP contribution is -2.20. The van der Waals surface area contributed by atoms with Gasteiger partial charge in [0.15, 0.2) is 6.10 Å². The van der Waals surface area contributed by atoms with Crippen LogP contribution < -0.4 is 5.32 Å². The molecule has 0 bridgehead atoms. The SMILES string of the molecule is O=C1N[C@H](c2cncc(C#Cc3ccccn3)c2)[C@@H](c2cc(F)cc(F)c2)O1. The Kier molecular flexibility index (Phi) is 4.68. The Hall–Kier alpha value is -3.79. The van der Waals surface area contributed by atoms with Crippen molar-refractivity contribution in [2.75, 3.05) is 0 Å². The second-order valence-corrected chi connectivity index (χ2v) is 6.12. The highest BCUT2D eigenvalue weighted by atomic mass is 19.1. The standard InChI is InChI=1S/C21H13F2N3O2/c22-16-8-14(9-17(23)10-16)20-19(26-21(27)28-20)15-7-13(11-24-12-15)4-5-18-3-1-2-6-25-18/h1-3,6-12,19-20H,(H,26,27)/t19-,20-/m1/s1. The molecule has 138 valence electrons. The number of hydrogen-bond acceptors (Lipinski definition) is 4. The van der Waals surface area contributed by atoms with E-state index in [0.717, 1.165) is 18.2 Å². The number of rotatable bonds is 2.